The lowest BCUT2D eigenvalue weighted by atomic mass is 10.2. The highest BCUT2D eigenvalue weighted by Gasteiger charge is 2.20. The normalized spacial score (nSPS) is 11.1. The van der Waals surface area contributed by atoms with E-state index in [1.807, 2.05) is 0 Å². The molecule has 14 nitrogen and oxygen atoms in total. The molecule has 0 bridgehead atoms. The SMILES string of the molecule is Cc1c(C(=O)NCCNc2ccc(S(C)(=O)=O)cc2[N+](=O)[O-])nnn1-c1cccc([N+](=O)[O-])c1. The molecule has 0 radical (unpaired) electrons. The predicted molar refractivity (Wildman–Crippen MR) is 120 cm³/mol. The van der Waals surface area contributed by atoms with Gasteiger partial charge in [0.05, 0.1) is 26.1 Å². The van der Waals surface area contributed by atoms with E-state index in [1.165, 1.54) is 35.0 Å². The zero-order valence-corrected chi connectivity index (χ0v) is 18.8. The van der Waals surface area contributed by atoms with Crippen LogP contribution in [0.1, 0.15) is 16.2 Å². The first-order chi connectivity index (χ1) is 16.0. The Morgan fingerprint density at radius 2 is 1.82 bits per heavy atom. The van der Waals surface area contributed by atoms with E-state index in [9.17, 15) is 33.4 Å². The molecule has 34 heavy (non-hydrogen) atoms. The fraction of sp³-hybridized carbons (Fsp3) is 0.211. The monoisotopic (exact) mass is 489 g/mol. The van der Waals surface area contributed by atoms with Gasteiger partial charge in [-0.05, 0) is 25.1 Å². The van der Waals surface area contributed by atoms with Crippen LogP contribution in [0.25, 0.3) is 5.69 Å². The molecule has 178 valence electrons. The number of non-ortho nitro benzene ring substituents is 1. The average molecular weight is 489 g/mol. The third kappa shape index (κ3) is 5.32. The first-order valence-electron chi connectivity index (χ1n) is 9.66. The van der Waals surface area contributed by atoms with E-state index in [0.29, 0.717) is 11.4 Å². The Morgan fingerprint density at radius 1 is 1.09 bits per heavy atom. The number of carbonyl (C=O) groups excluding carboxylic acids is 1. The second-order valence-corrected chi connectivity index (χ2v) is 9.12. The summed E-state index contributed by atoms with van der Waals surface area (Å²) < 4.78 is 24.5. The highest BCUT2D eigenvalue weighted by Crippen LogP contribution is 2.27. The molecule has 0 saturated heterocycles. The molecule has 0 unspecified atom stereocenters. The Morgan fingerprint density at radius 3 is 2.47 bits per heavy atom. The Balaban J connectivity index is 1.65. The third-order valence-corrected chi connectivity index (χ3v) is 5.83. The lowest BCUT2D eigenvalue weighted by molar-refractivity contribution is -0.384. The quantitative estimate of drug-likeness (QED) is 0.253. The van der Waals surface area contributed by atoms with Crippen LogP contribution in [-0.2, 0) is 9.84 Å². The van der Waals surface area contributed by atoms with Gasteiger partial charge in [0, 0.05) is 37.5 Å². The molecule has 3 aromatic rings. The van der Waals surface area contributed by atoms with Crippen molar-refractivity contribution in [2.24, 2.45) is 0 Å². The van der Waals surface area contributed by atoms with Crippen LogP contribution in [0.15, 0.2) is 47.4 Å². The zero-order chi connectivity index (χ0) is 25.0. The van der Waals surface area contributed by atoms with Crippen LogP contribution in [-0.4, -0.2) is 58.5 Å². The van der Waals surface area contributed by atoms with Crippen molar-refractivity contribution >= 4 is 32.8 Å². The van der Waals surface area contributed by atoms with E-state index in [4.69, 9.17) is 0 Å². The van der Waals surface area contributed by atoms with Crippen molar-refractivity contribution in [1.82, 2.24) is 20.3 Å². The molecule has 0 spiro atoms. The van der Waals surface area contributed by atoms with Crippen LogP contribution in [0.2, 0.25) is 0 Å². The minimum absolute atomic E-state index is 0.00925. The summed E-state index contributed by atoms with van der Waals surface area (Å²) in [7, 11) is -3.61. The largest absolute Gasteiger partial charge is 0.378 e. The van der Waals surface area contributed by atoms with Crippen LogP contribution in [0.4, 0.5) is 17.1 Å². The van der Waals surface area contributed by atoms with E-state index in [2.05, 4.69) is 20.9 Å². The van der Waals surface area contributed by atoms with Crippen molar-refractivity contribution in [3.8, 4) is 5.69 Å². The summed E-state index contributed by atoms with van der Waals surface area (Å²) in [6, 6.07) is 9.20. The number of hydrogen-bond donors (Lipinski definition) is 2. The first kappa shape index (κ1) is 24.2. The van der Waals surface area contributed by atoms with Gasteiger partial charge >= 0.3 is 0 Å². The van der Waals surface area contributed by atoms with Crippen molar-refractivity contribution in [2.75, 3.05) is 24.7 Å². The number of aromatic nitrogens is 3. The maximum absolute atomic E-state index is 12.5. The molecule has 1 amide bonds. The molecule has 0 atom stereocenters. The average Bonchev–Trinajstić information content (AvgIpc) is 3.17. The summed E-state index contributed by atoms with van der Waals surface area (Å²) in [6.45, 7) is 1.74. The van der Waals surface area contributed by atoms with Crippen LogP contribution in [0.5, 0.6) is 0 Å². The van der Waals surface area contributed by atoms with Gasteiger partial charge < -0.3 is 10.6 Å². The fourth-order valence-corrected chi connectivity index (χ4v) is 3.66. The third-order valence-electron chi connectivity index (χ3n) is 4.71. The van der Waals surface area contributed by atoms with Gasteiger partial charge in [-0.25, -0.2) is 13.1 Å². The minimum Gasteiger partial charge on any atom is -0.378 e. The van der Waals surface area contributed by atoms with Crippen LogP contribution >= 0.6 is 0 Å². The minimum atomic E-state index is -3.61. The van der Waals surface area contributed by atoms with E-state index in [-0.39, 0.29) is 35.1 Å². The zero-order valence-electron chi connectivity index (χ0n) is 18.0. The smallest absolute Gasteiger partial charge is 0.293 e. The van der Waals surface area contributed by atoms with Crippen LogP contribution < -0.4 is 10.6 Å². The van der Waals surface area contributed by atoms with Gasteiger partial charge in [0.2, 0.25) is 0 Å². The van der Waals surface area contributed by atoms with Gasteiger partial charge in [0.25, 0.3) is 17.3 Å². The Labute approximate surface area is 192 Å². The number of nitrogens with one attached hydrogen (secondary N) is 2. The lowest BCUT2D eigenvalue weighted by Crippen LogP contribution is -2.29. The summed E-state index contributed by atoms with van der Waals surface area (Å²) in [6.07, 6.45) is 0.950. The summed E-state index contributed by atoms with van der Waals surface area (Å²) in [5.41, 5.74) is 0.283. The summed E-state index contributed by atoms with van der Waals surface area (Å²) in [5, 5.41) is 35.4. The molecule has 0 saturated carbocycles. The molecule has 0 fully saturated rings. The Hall–Kier alpha value is -4.40. The molecule has 0 aliphatic carbocycles. The number of hydrogen-bond acceptors (Lipinski definition) is 10. The molecule has 15 heteroatoms. The van der Waals surface area contributed by atoms with E-state index < -0.39 is 31.3 Å². The van der Waals surface area contributed by atoms with Crippen molar-refractivity contribution in [3.05, 3.63) is 74.1 Å². The van der Waals surface area contributed by atoms with Gasteiger partial charge in [-0.3, -0.25) is 25.0 Å². The van der Waals surface area contributed by atoms with Gasteiger partial charge in [-0.2, -0.15) is 0 Å². The standard InChI is InChI=1S/C19H19N7O7S/c1-12-18(22-23-24(12)13-4-3-5-14(10-13)25(28)29)19(27)21-9-8-20-16-7-6-15(34(2,32)33)11-17(16)26(30)31/h3-7,10-11,20H,8-9H2,1-2H3,(H,21,27). The molecule has 0 aliphatic heterocycles. The maximum atomic E-state index is 12.5. The summed E-state index contributed by atoms with van der Waals surface area (Å²) in [4.78, 5) is 33.3. The number of sulfone groups is 1. The molecule has 1 aromatic heterocycles. The van der Waals surface area contributed by atoms with E-state index in [1.54, 1.807) is 13.0 Å². The topological polar surface area (TPSA) is 192 Å². The number of nitrogens with zero attached hydrogens (tertiary/aromatic N) is 5. The summed E-state index contributed by atoms with van der Waals surface area (Å²) >= 11 is 0. The second kappa shape index (κ2) is 9.62. The first-order valence-corrected chi connectivity index (χ1v) is 11.6. The summed E-state index contributed by atoms with van der Waals surface area (Å²) in [5.74, 6) is -0.557. The highest BCUT2D eigenvalue weighted by atomic mass is 32.2. The number of carbonyl (C=O) groups is 1. The number of nitro benzene ring substituents is 2. The van der Waals surface area contributed by atoms with Crippen molar-refractivity contribution in [2.45, 2.75) is 11.8 Å². The molecule has 1 heterocycles. The van der Waals surface area contributed by atoms with E-state index in [0.717, 1.165) is 12.3 Å². The van der Waals surface area contributed by atoms with Crippen molar-refractivity contribution < 1.29 is 23.1 Å². The van der Waals surface area contributed by atoms with Crippen LogP contribution in [0, 0.1) is 27.2 Å². The number of rotatable bonds is 9. The highest BCUT2D eigenvalue weighted by molar-refractivity contribution is 7.90. The van der Waals surface area contributed by atoms with E-state index >= 15 is 0 Å². The van der Waals surface area contributed by atoms with Gasteiger partial charge in [0.15, 0.2) is 15.5 Å². The molecular formula is C19H19N7O7S. The predicted octanol–water partition coefficient (Wildman–Crippen LogP) is 1.64. The van der Waals surface area contributed by atoms with Crippen molar-refractivity contribution in [3.63, 3.8) is 0 Å². The fourth-order valence-electron chi connectivity index (χ4n) is 3.02. The molecule has 2 N–H and O–H groups in total. The Kier molecular flexibility index (Phi) is 6.86. The molecular weight excluding hydrogens is 470 g/mol. The lowest BCUT2D eigenvalue weighted by Gasteiger charge is -2.09. The van der Waals surface area contributed by atoms with Crippen molar-refractivity contribution in [1.29, 1.82) is 0 Å². The molecule has 0 aliphatic rings. The number of anilines is 1. The molecule has 3 rings (SSSR count). The molecule has 2 aromatic carbocycles. The van der Waals surface area contributed by atoms with Gasteiger partial charge in [-0.15, -0.1) is 5.10 Å². The number of nitro groups is 2. The van der Waals surface area contributed by atoms with Crippen LogP contribution in [0.3, 0.4) is 0 Å². The number of amides is 1. The number of benzene rings is 2. The van der Waals surface area contributed by atoms with Gasteiger partial charge in [0.1, 0.15) is 5.69 Å². The second-order valence-electron chi connectivity index (χ2n) is 7.10. The maximum Gasteiger partial charge on any atom is 0.293 e. The van der Waals surface area contributed by atoms with Gasteiger partial charge in [-0.1, -0.05) is 11.3 Å². The Bertz CT molecular complexity index is 1390.